The highest BCUT2D eigenvalue weighted by molar-refractivity contribution is 9.13. The first-order valence-corrected chi connectivity index (χ1v) is 6.30. The van der Waals surface area contributed by atoms with Crippen molar-refractivity contribution in [3.63, 3.8) is 0 Å². The molecule has 1 aromatic heterocycles. The van der Waals surface area contributed by atoms with Crippen LogP contribution in [0.4, 0.5) is 8.78 Å². The quantitative estimate of drug-likeness (QED) is 0.804. The van der Waals surface area contributed by atoms with Crippen LogP contribution in [-0.2, 0) is 0 Å². The molecule has 0 unspecified atom stereocenters. The first kappa shape index (κ1) is 13.1. The van der Waals surface area contributed by atoms with Crippen LogP contribution in [0.25, 0.3) is 0 Å². The molecule has 1 rings (SSSR count). The zero-order valence-electron chi connectivity index (χ0n) is 7.64. The minimum Gasteiger partial charge on any atom is -0.335 e. The third-order valence-corrected chi connectivity index (χ3v) is 4.86. The van der Waals surface area contributed by atoms with E-state index in [1.807, 2.05) is 0 Å². The lowest BCUT2D eigenvalue weighted by Gasteiger charge is -2.14. The summed E-state index contributed by atoms with van der Waals surface area (Å²) in [7, 11) is 1.36. The van der Waals surface area contributed by atoms with Gasteiger partial charge in [-0.1, -0.05) is 0 Å². The van der Waals surface area contributed by atoms with E-state index in [4.69, 9.17) is 0 Å². The second-order valence-electron chi connectivity index (χ2n) is 2.81. The maximum absolute atomic E-state index is 12.0. The second-order valence-corrected chi connectivity index (χ2v) is 6.03. The number of nitrogens with zero attached hydrogens (tertiary/aromatic N) is 1. The van der Waals surface area contributed by atoms with Crippen LogP contribution in [0.3, 0.4) is 0 Å². The van der Waals surface area contributed by atoms with Gasteiger partial charge in [0.2, 0.25) is 0 Å². The van der Waals surface area contributed by atoms with Gasteiger partial charge in [-0.05, 0) is 37.9 Å². The molecule has 15 heavy (non-hydrogen) atoms. The van der Waals surface area contributed by atoms with Crippen molar-refractivity contribution in [2.75, 3.05) is 13.6 Å². The Morgan fingerprint density at radius 3 is 2.60 bits per heavy atom. The van der Waals surface area contributed by atoms with Crippen LogP contribution >= 0.6 is 43.2 Å². The largest absolute Gasteiger partial charge is 0.335 e. The minimum atomic E-state index is -2.51. The van der Waals surface area contributed by atoms with Crippen molar-refractivity contribution in [2.24, 2.45) is 0 Å². The topological polar surface area (TPSA) is 20.3 Å². The van der Waals surface area contributed by atoms with Crippen molar-refractivity contribution in [3.8, 4) is 0 Å². The molecule has 1 aromatic rings. The Bertz CT molecular complexity index is 350. The van der Waals surface area contributed by atoms with E-state index in [0.29, 0.717) is 4.88 Å². The Balaban J connectivity index is 2.76. The van der Waals surface area contributed by atoms with Crippen LogP contribution in [0.15, 0.2) is 14.3 Å². The highest BCUT2D eigenvalue weighted by Gasteiger charge is 2.18. The summed E-state index contributed by atoms with van der Waals surface area (Å²) in [6.07, 6.45) is -2.51. The Hall–Kier alpha value is -0.0100. The number of halogens is 4. The molecule has 0 bridgehead atoms. The van der Waals surface area contributed by atoms with Crippen molar-refractivity contribution in [1.29, 1.82) is 0 Å². The summed E-state index contributed by atoms with van der Waals surface area (Å²) in [5.74, 6) is -0.397. The molecule has 0 N–H and O–H groups in total. The number of thiophene rings is 1. The molecule has 0 atom stereocenters. The summed E-state index contributed by atoms with van der Waals surface area (Å²) in [5.41, 5.74) is 0. The van der Waals surface area contributed by atoms with Crippen molar-refractivity contribution >= 4 is 49.1 Å². The third kappa shape index (κ3) is 3.49. The number of hydrogen-bond acceptors (Lipinski definition) is 2. The van der Waals surface area contributed by atoms with E-state index in [1.54, 1.807) is 6.07 Å². The number of carbonyl (C=O) groups excluding carboxylic acids is 1. The van der Waals surface area contributed by atoms with Gasteiger partial charge in [-0.2, -0.15) is 0 Å². The summed E-state index contributed by atoms with van der Waals surface area (Å²) in [5, 5.41) is 0. The first-order chi connectivity index (χ1) is 6.91. The van der Waals surface area contributed by atoms with E-state index < -0.39 is 18.9 Å². The maximum Gasteiger partial charge on any atom is 0.263 e. The lowest BCUT2D eigenvalue weighted by Crippen LogP contribution is -2.30. The summed E-state index contributed by atoms with van der Waals surface area (Å²) in [6.45, 7) is -0.550. The van der Waals surface area contributed by atoms with E-state index in [-0.39, 0.29) is 0 Å². The zero-order valence-corrected chi connectivity index (χ0v) is 11.6. The number of amides is 1. The average molecular weight is 363 g/mol. The summed E-state index contributed by atoms with van der Waals surface area (Å²) in [6, 6.07) is 1.61. The molecule has 1 heterocycles. The molecular weight excluding hydrogens is 356 g/mol. The zero-order chi connectivity index (χ0) is 11.6. The second kappa shape index (κ2) is 5.36. The molecule has 0 aliphatic heterocycles. The molecule has 0 fully saturated rings. The minimum absolute atomic E-state index is 0.397. The summed E-state index contributed by atoms with van der Waals surface area (Å²) >= 11 is 7.68. The lowest BCUT2D eigenvalue weighted by molar-refractivity contribution is 0.0624. The molecule has 0 spiro atoms. The molecule has 0 aliphatic rings. The summed E-state index contributed by atoms with van der Waals surface area (Å²) < 4.78 is 25.6. The van der Waals surface area contributed by atoms with Gasteiger partial charge in [0.05, 0.1) is 15.2 Å². The van der Waals surface area contributed by atoms with Crippen LogP contribution in [0.5, 0.6) is 0 Å². The van der Waals surface area contributed by atoms with Gasteiger partial charge in [0.25, 0.3) is 12.3 Å². The fourth-order valence-corrected chi connectivity index (χ4v) is 2.96. The molecule has 0 saturated heterocycles. The van der Waals surface area contributed by atoms with Crippen LogP contribution in [-0.4, -0.2) is 30.8 Å². The molecule has 0 radical (unpaired) electrons. The highest BCUT2D eigenvalue weighted by Crippen LogP contribution is 2.32. The molecule has 1 amide bonds. The monoisotopic (exact) mass is 361 g/mol. The van der Waals surface area contributed by atoms with Crippen LogP contribution in [0, 0.1) is 0 Å². The smallest absolute Gasteiger partial charge is 0.263 e. The predicted molar refractivity (Wildman–Crippen MR) is 62.7 cm³/mol. The fourth-order valence-electron chi connectivity index (χ4n) is 0.930. The Labute approximate surface area is 107 Å². The predicted octanol–water partition coefficient (Wildman–Crippen LogP) is 3.61. The highest BCUT2D eigenvalue weighted by atomic mass is 79.9. The van der Waals surface area contributed by atoms with Gasteiger partial charge in [0.1, 0.15) is 0 Å². The average Bonchev–Trinajstić information content (AvgIpc) is 2.44. The van der Waals surface area contributed by atoms with Crippen molar-refractivity contribution in [2.45, 2.75) is 6.43 Å². The van der Waals surface area contributed by atoms with Gasteiger partial charge >= 0.3 is 0 Å². The molecule has 0 aliphatic carbocycles. The van der Waals surface area contributed by atoms with Crippen molar-refractivity contribution in [3.05, 3.63) is 19.2 Å². The van der Waals surface area contributed by atoms with Gasteiger partial charge in [-0.3, -0.25) is 4.79 Å². The van der Waals surface area contributed by atoms with Gasteiger partial charge in [0, 0.05) is 11.5 Å². The van der Waals surface area contributed by atoms with Crippen molar-refractivity contribution in [1.82, 2.24) is 4.90 Å². The van der Waals surface area contributed by atoms with Crippen molar-refractivity contribution < 1.29 is 13.6 Å². The SMILES string of the molecule is CN(CC(F)F)C(=O)c1cc(Br)c(Br)s1. The van der Waals surface area contributed by atoms with Crippen LogP contribution in [0.2, 0.25) is 0 Å². The lowest BCUT2D eigenvalue weighted by atomic mass is 10.4. The van der Waals surface area contributed by atoms with Gasteiger partial charge in [0.15, 0.2) is 0 Å². The van der Waals surface area contributed by atoms with E-state index >= 15 is 0 Å². The number of alkyl halides is 2. The fraction of sp³-hybridized carbons (Fsp3) is 0.375. The standard InChI is InChI=1S/C8H7Br2F2NOS/c1-13(3-6(11)12)8(14)5-2-4(9)7(10)15-5/h2,6H,3H2,1H3. The third-order valence-electron chi connectivity index (χ3n) is 1.61. The summed E-state index contributed by atoms with van der Waals surface area (Å²) in [4.78, 5) is 13.0. The molecular formula is C8H7Br2F2NOS. The number of rotatable bonds is 3. The molecule has 84 valence electrons. The first-order valence-electron chi connectivity index (χ1n) is 3.90. The Kier molecular flexibility index (Phi) is 4.66. The van der Waals surface area contributed by atoms with Gasteiger partial charge in [-0.15, -0.1) is 11.3 Å². The normalized spacial score (nSPS) is 10.8. The number of hydrogen-bond donors (Lipinski definition) is 0. The molecule has 0 aromatic carbocycles. The Morgan fingerprint density at radius 1 is 1.60 bits per heavy atom. The van der Waals surface area contributed by atoms with Crippen LogP contribution < -0.4 is 0 Å². The molecule has 7 heteroatoms. The number of carbonyl (C=O) groups is 1. The van der Waals surface area contributed by atoms with Gasteiger partial charge in [-0.25, -0.2) is 8.78 Å². The Morgan fingerprint density at radius 2 is 2.20 bits per heavy atom. The van der Waals surface area contributed by atoms with E-state index in [2.05, 4.69) is 31.9 Å². The molecule has 0 saturated carbocycles. The van der Waals surface area contributed by atoms with Crippen LogP contribution in [0.1, 0.15) is 9.67 Å². The van der Waals surface area contributed by atoms with E-state index in [1.165, 1.54) is 18.4 Å². The van der Waals surface area contributed by atoms with E-state index in [0.717, 1.165) is 13.2 Å². The van der Waals surface area contributed by atoms with E-state index in [9.17, 15) is 13.6 Å². The van der Waals surface area contributed by atoms with Gasteiger partial charge < -0.3 is 4.90 Å². The molecule has 2 nitrogen and oxygen atoms in total. The maximum atomic E-state index is 12.0.